The summed E-state index contributed by atoms with van der Waals surface area (Å²) in [6, 6.07) is 11.6. The molecule has 6 nitrogen and oxygen atoms in total. The van der Waals surface area contributed by atoms with Crippen LogP contribution in [0.5, 0.6) is 11.5 Å². The van der Waals surface area contributed by atoms with Crippen molar-refractivity contribution in [3.8, 4) is 11.5 Å². The molecule has 2 N–H and O–H groups in total. The van der Waals surface area contributed by atoms with E-state index in [0.717, 1.165) is 6.42 Å². The fourth-order valence-electron chi connectivity index (χ4n) is 2.31. The van der Waals surface area contributed by atoms with Crippen molar-refractivity contribution in [2.24, 2.45) is 0 Å². The molecule has 0 atom stereocenters. The SMILES string of the molecule is O=C(CNC(=O)c1ccc(Cl)cc1)Nc1ccc2c(c1)OCCCO2. The highest BCUT2D eigenvalue weighted by atomic mass is 35.5. The Labute approximate surface area is 150 Å². The molecule has 2 aromatic carbocycles. The Balaban J connectivity index is 1.55. The van der Waals surface area contributed by atoms with Crippen molar-refractivity contribution in [2.75, 3.05) is 25.1 Å². The summed E-state index contributed by atoms with van der Waals surface area (Å²) >= 11 is 5.78. The van der Waals surface area contributed by atoms with Gasteiger partial charge in [0.1, 0.15) is 0 Å². The van der Waals surface area contributed by atoms with Gasteiger partial charge in [-0.15, -0.1) is 0 Å². The molecule has 0 aliphatic carbocycles. The van der Waals surface area contributed by atoms with Crippen molar-refractivity contribution in [3.05, 3.63) is 53.1 Å². The number of benzene rings is 2. The van der Waals surface area contributed by atoms with Gasteiger partial charge in [-0.1, -0.05) is 11.6 Å². The van der Waals surface area contributed by atoms with Crippen LogP contribution in [0.15, 0.2) is 42.5 Å². The van der Waals surface area contributed by atoms with Gasteiger partial charge in [0.05, 0.1) is 19.8 Å². The number of amides is 2. The number of anilines is 1. The summed E-state index contributed by atoms with van der Waals surface area (Å²) in [5.74, 6) is 0.578. The zero-order valence-corrected chi connectivity index (χ0v) is 14.1. The first-order chi connectivity index (χ1) is 12.1. The summed E-state index contributed by atoms with van der Waals surface area (Å²) in [5.41, 5.74) is 1.02. The summed E-state index contributed by atoms with van der Waals surface area (Å²) in [5, 5.41) is 5.82. The van der Waals surface area contributed by atoms with Crippen LogP contribution in [0.3, 0.4) is 0 Å². The lowest BCUT2D eigenvalue weighted by molar-refractivity contribution is -0.115. The van der Waals surface area contributed by atoms with Gasteiger partial charge in [0, 0.05) is 28.8 Å². The van der Waals surface area contributed by atoms with Gasteiger partial charge in [0.25, 0.3) is 5.91 Å². The third-order valence-corrected chi connectivity index (χ3v) is 3.80. The summed E-state index contributed by atoms with van der Waals surface area (Å²) in [4.78, 5) is 24.0. The smallest absolute Gasteiger partial charge is 0.251 e. The molecule has 1 heterocycles. The van der Waals surface area contributed by atoms with Crippen molar-refractivity contribution in [3.63, 3.8) is 0 Å². The largest absolute Gasteiger partial charge is 0.490 e. The van der Waals surface area contributed by atoms with E-state index in [1.807, 2.05) is 0 Å². The van der Waals surface area contributed by atoms with E-state index in [2.05, 4.69) is 10.6 Å². The van der Waals surface area contributed by atoms with Gasteiger partial charge >= 0.3 is 0 Å². The topological polar surface area (TPSA) is 76.7 Å². The monoisotopic (exact) mass is 360 g/mol. The molecule has 0 fully saturated rings. The number of carbonyl (C=O) groups excluding carboxylic acids is 2. The lowest BCUT2D eigenvalue weighted by Gasteiger charge is -2.11. The Bertz CT molecular complexity index is 777. The van der Waals surface area contributed by atoms with Crippen molar-refractivity contribution in [1.82, 2.24) is 5.32 Å². The second-order valence-electron chi connectivity index (χ2n) is 5.45. The van der Waals surface area contributed by atoms with Crippen molar-refractivity contribution < 1.29 is 19.1 Å². The molecule has 0 radical (unpaired) electrons. The van der Waals surface area contributed by atoms with Crippen LogP contribution in [-0.2, 0) is 4.79 Å². The first-order valence-corrected chi connectivity index (χ1v) is 8.23. The third kappa shape index (κ3) is 4.64. The number of nitrogens with one attached hydrogen (secondary N) is 2. The van der Waals surface area contributed by atoms with E-state index < -0.39 is 0 Å². The van der Waals surface area contributed by atoms with E-state index in [9.17, 15) is 9.59 Å². The first-order valence-electron chi connectivity index (χ1n) is 7.85. The van der Waals surface area contributed by atoms with Crippen molar-refractivity contribution in [2.45, 2.75) is 6.42 Å². The van der Waals surface area contributed by atoms with Crippen molar-refractivity contribution in [1.29, 1.82) is 0 Å². The minimum Gasteiger partial charge on any atom is -0.490 e. The average molecular weight is 361 g/mol. The molecule has 0 aromatic heterocycles. The molecule has 3 rings (SSSR count). The fourth-order valence-corrected chi connectivity index (χ4v) is 2.44. The van der Waals surface area contributed by atoms with Crippen LogP contribution in [0.25, 0.3) is 0 Å². The van der Waals surface area contributed by atoms with E-state index in [-0.39, 0.29) is 18.4 Å². The van der Waals surface area contributed by atoms with Gasteiger partial charge in [0.15, 0.2) is 11.5 Å². The van der Waals surface area contributed by atoms with Crippen LogP contribution in [-0.4, -0.2) is 31.6 Å². The Hall–Kier alpha value is -2.73. The maximum atomic E-state index is 12.0. The zero-order valence-electron chi connectivity index (χ0n) is 13.4. The molecule has 0 bridgehead atoms. The minimum atomic E-state index is -0.342. The average Bonchev–Trinajstić information content (AvgIpc) is 2.85. The van der Waals surface area contributed by atoms with E-state index in [1.165, 1.54) is 0 Å². The lowest BCUT2D eigenvalue weighted by atomic mass is 10.2. The molecule has 0 unspecified atom stereocenters. The third-order valence-electron chi connectivity index (χ3n) is 3.55. The van der Waals surface area contributed by atoms with Crippen LogP contribution >= 0.6 is 11.6 Å². The first kappa shape index (κ1) is 17.1. The molecule has 25 heavy (non-hydrogen) atoms. The van der Waals surface area contributed by atoms with Gasteiger partial charge in [-0.3, -0.25) is 9.59 Å². The molecule has 2 amide bonds. The highest BCUT2D eigenvalue weighted by Gasteiger charge is 2.12. The summed E-state index contributed by atoms with van der Waals surface area (Å²) < 4.78 is 11.1. The number of rotatable bonds is 4. The van der Waals surface area contributed by atoms with Gasteiger partial charge in [-0.25, -0.2) is 0 Å². The molecule has 1 aliphatic heterocycles. The molecule has 7 heteroatoms. The highest BCUT2D eigenvalue weighted by Crippen LogP contribution is 2.32. The molecular weight excluding hydrogens is 344 g/mol. The van der Waals surface area contributed by atoms with Crippen LogP contribution in [0.4, 0.5) is 5.69 Å². The predicted octanol–water partition coefficient (Wildman–Crippen LogP) is 2.87. The fraction of sp³-hybridized carbons (Fsp3) is 0.222. The number of fused-ring (bicyclic) bond motifs is 1. The van der Waals surface area contributed by atoms with E-state index in [1.54, 1.807) is 42.5 Å². The maximum Gasteiger partial charge on any atom is 0.251 e. The second-order valence-corrected chi connectivity index (χ2v) is 5.89. The van der Waals surface area contributed by atoms with E-state index in [0.29, 0.717) is 41.0 Å². The molecule has 0 saturated heterocycles. The molecule has 130 valence electrons. The molecule has 0 saturated carbocycles. The molecule has 2 aromatic rings. The van der Waals surface area contributed by atoms with Crippen LogP contribution in [0, 0.1) is 0 Å². The maximum absolute atomic E-state index is 12.0. The minimum absolute atomic E-state index is 0.143. The normalized spacial score (nSPS) is 12.8. The summed E-state index contributed by atoms with van der Waals surface area (Å²) in [6.45, 7) is 1.03. The van der Waals surface area contributed by atoms with Crippen LogP contribution in [0.2, 0.25) is 5.02 Å². The standard InChI is InChI=1S/C18H17ClN2O4/c19-13-4-2-12(3-5-13)18(23)20-11-17(22)21-14-6-7-15-16(10-14)25-9-1-8-24-15/h2-7,10H,1,8-9,11H2,(H,20,23)(H,21,22). The summed E-state index contributed by atoms with van der Waals surface area (Å²) in [6.07, 6.45) is 0.813. The quantitative estimate of drug-likeness (QED) is 0.879. The van der Waals surface area contributed by atoms with Gasteiger partial charge < -0.3 is 20.1 Å². The number of hydrogen-bond acceptors (Lipinski definition) is 4. The Kier molecular flexibility index (Phi) is 5.40. The summed E-state index contributed by atoms with van der Waals surface area (Å²) in [7, 11) is 0. The van der Waals surface area contributed by atoms with E-state index in [4.69, 9.17) is 21.1 Å². The van der Waals surface area contributed by atoms with E-state index >= 15 is 0 Å². The van der Waals surface area contributed by atoms with Gasteiger partial charge in [-0.05, 0) is 36.4 Å². The number of halogens is 1. The molecule has 1 aliphatic rings. The highest BCUT2D eigenvalue weighted by molar-refractivity contribution is 6.30. The number of hydrogen-bond donors (Lipinski definition) is 2. The Morgan fingerprint density at radius 2 is 1.72 bits per heavy atom. The Morgan fingerprint density at radius 3 is 2.48 bits per heavy atom. The second kappa shape index (κ2) is 7.90. The van der Waals surface area contributed by atoms with Crippen LogP contribution < -0.4 is 20.1 Å². The zero-order chi connectivity index (χ0) is 17.6. The predicted molar refractivity (Wildman–Crippen MR) is 94.5 cm³/mol. The lowest BCUT2D eigenvalue weighted by Crippen LogP contribution is -2.32. The van der Waals surface area contributed by atoms with Gasteiger partial charge in [-0.2, -0.15) is 0 Å². The molecular formula is C18H17ClN2O4. The number of ether oxygens (including phenoxy) is 2. The Morgan fingerprint density at radius 1 is 1.00 bits per heavy atom. The van der Waals surface area contributed by atoms with Crippen molar-refractivity contribution >= 4 is 29.1 Å². The van der Waals surface area contributed by atoms with Gasteiger partial charge in [0.2, 0.25) is 5.91 Å². The number of carbonyl (C=O) groups is 2. The molecule has 0 spiro atoms. The van der Waals surface area contributed by atoms with Crippen LogP contribution in [0.1, 0.15) is 16.8 Å².